The van der Waals surface area contributed by atoms with Crippen LogP contribution >= 0.6 is 12.2 Å². The van der Waals surface area contributed by atoms with Gasteiger partial charge in [0.1, 0.15) is 10.3 Å². The molecule has 0 spiro atoms. The molecule has 0 aliphatic carbocycles. The molecule has 3 nitrogen and oxygen atoms in total. The van der Waals surface area contributed by atoms with Crippen LogP contribution < -0.4 is 0 Å². The number of nitrogens with zero attached hydrogens (tertiary/aromatic N) is 2. The zero-order chi connectivity index (χ0) is 10.8. The maximum atomic E-state index is 5.07. The van der Waals surface area contributed by atoms with Gasteiger partial charge >= 0.3 is 0 Å². The number of hydrogen-bond donors (Lipinski definition) is 1. The molecule has 0 aromatic carbocycles. The van der Waals surface area contributed by atoms with Crippen LogP contribution in [0.1, 0.15) is 11.3 Å². The average Bonchev–Trinajstić information content (AvgIpc) is 2.16. The molecule has 0 aliphatic heterocycles. The van der Waals surface area contributed by atoms with E-state index < -0.39 is 0 Å². The second kappa shape index (κ2) is 3.90. The van der Waals surface area contributed by atoms with E-state index in [0.29, 0.717) is 4.64 Å². The fourth-order valence-corrected chi connectivity index (χ4v) is 1.69. The summed E-state index contributed by atoms with van der Waals surface area (Å²) < 4.78 is 0.589. The Hall–Kier alpha value is -1.55. The van der Waals surface area contributed by atoms with Gasteiger partial charge in [-0.1, -0.05) is 18.3 Å². The van der Waals surface area contributed by atoms with Crippen molar-refractivity contribution in [1.29, 1.82) is 0 Å². The summed E-state index contributed by atoms with van der Waals surface area (Å²) in [6.45, 7) is 3.96. The third-order valence-corrected chi connectivity index (χ3v) is 2.32. The number of nitrogens with one attached hydrogen (secondary N) is 1. The van der Waals surface area contributed by atoms with Crippen LogP contribution in [0.25, 0.3) is 11.5 Å². The van der Waals surface area contributed by atoms with E-state index >= 15 is 0 Å². The smallest absolute Gasteiger partial charge is 0.158 e. The summed E-state index contributed by atoms with van der Waals surface area (Å²) in [6, 6.07) is 5.74. The lowest BCUT2D eigenvalue weighted by atomic mass is 10.2. The molecular weight excluding hydrogens is 206 g/mol. The summed E-state index contributed by atoms with van der Waals surface area (Å²) >= 11 is 5.07. The lowest BCUT2D eigenvalue weighted by molar-refractivity contribution is 1.07. The van der Waals surface area contributed by atoms with E-state index in [-0.39, 0.29) is 0 Å². The van der Waals surface area contributed by atoms with Crippen LogP contribution in [0.4, 0.5) is 0 Å². The number of pyridine rings is 1. The molecule has 2 aromatic heterocycles. The molecule has 0 saturated heterocycles. The van der Waals surface area contributed by atoms with Crippen molar-refractivity contribution in [2.75, 3.05) is 0 Å². The van der Waals surface area contributed by atoms with Gasteiger partial charge in [-0.25, -0.2) is 4.98 Å². The van der Waals surface area contributed by atoms with Gasteiger partial charge in [0.2, 0.25) is 0 Å². The van der Waals surface area contributed by atoms with E-state index in [4.69, 9.17) is 12.2 Å². The third-order valence-electron chi connectivity index (χ3n) is 2.11. The molecule has 0 unspecified atom stereocenters. The minimum Gasteiger partial charge on any atom is -0.342 e. The molecule has 0 bridgehead atoms. The van der Waals surface area contributed by atoms with Gasteiger partial charge < -0.3 is 4.98 Å². The minimum atomic E-state index is 0.589. The van der Waals surface area contributed by atoms with Gasteiger partial charge in [0.05, 0.1) is 0 Å². The molecule has 2 rings (SSSR count). The first-order valence-corrected chi connectivity index (χ1v) is 5.07. The fourth-order valence-electron chi connectivity index (χ4n) is 1.42. The van der Waals surface area contributed by atoms with Crippen LogP contribution in [-0.2, 0) is 0 Å². The normalized spacial score (nSPS) is 10.3. The van der Waals surface area contributed by atoms with E-state index in [2.05, 4.69) is 15.0 Å². The van der Waals surface area contributed by atoms with Crippen molar-refractivity contribution in [3.05, 3.63) is 40.3 Å². The van der Waals surface area contributed by atoms with Crippen LogP contribution in [0.5, 0.6) is 0 Å². The van der Waals surface area contributed by atoms with Gasteiger partial charge in [0.15, 0.2) is 5.82 Å². The molecule has 15 heavy (non-hydrogen) atoms. The Balaban J connectivity index is 2.64. The van der Waals surface area contributed by atoms with Crippen molar-refractivity contribution >= 4 is 12.2 Å². The van der Waals surface area contributed by atoms with Gasteiger partial charge in [0, 0.05) is 11.9 Å². The maximum absolute atomic E-state index is 5.07. The largest absolute Gasteiger partial charge is 0.342 e. The van der Waals surface area contributed by atoms with E-state index in [1.165, 1.54) is 0 Å². The highest BCUT2D eigenvalue weighted by atomic mass is 32.1. The number of aromatic nitrogens is 3. The first-order valence-electron chi connectivity index (χ1n) is 4.67. The van der Waals surface area contributed by atoms with Gasteiger partial charge in [0.25, 0.3) is 0 Å². The highest BCUT2D eigenvalue weighted by molar-refractivity contribution is 7.71. The van der Waals surface area contributed by atoms with Crippen molar-refractivity contribution in [2.45, 2.75) is 13.8 Å². The summed E-state index contributed by atoms with van der Waals surface area (Å²) in [6.07, 6.45) is 1.75. The number of H-pyrrole nitrogens is 1. The first-order chi connectivity index (χ1) is 7.16. The van der Waals surface area contributed by atoms with Gasteiger partial charge in [-0.15, -0.1) is 0 Å². The van der Waals surface area contributed by atoms with Crippen molar-refractivity contribution < 1.29 is 0 Å². The van der Waals surface area contributed by atoms with Gasteiger partial charge in [-0.3, -0.25) is 4.98 Å². The number of aromatic amines is 1. The Labute approximate surface area is 93.2 Å². The Morgan fingerprint density at radius 2 is 2.13 bits per heavy atom. The van der Waals surface area contributed by atoms with Crippen LogP contribution in [0.3, 0.4) is 0 Å². The second-order valence-corrected chi connectivity index (χ2v) is 3.84. The minimum absolute atomic E-state index is 0.589. The molecule has 0 saturated carbocycles. The SMILES string of the molecule is Cc1cc(=S)nc(-c2ncccc2C)[nH]1. The molecule has 0 fully saturated rings. The zero-order valence-corrected chi connectivity index (χ0v) is 9.43. The topological polar surface area (TPSA) is 41.6 Å². The second-order valence-electron chi connectivity index (χ2n) is 3.42. The molecule has 4 heteroatoms. The highest BCUT2D eigenvalue weighted by Gasteiger charge is 2.04. The number of hydrogen-bond acceptors (Lipinski definition) is 3. The Kier molecular flexibility index (Phi) is 2.60. The maximum Gasteiger partial charge on any atom is 0.158 e. The van der Waals surface area contributed by atoms with Crippen LogP contribution in [0.2, 0.25) is 0 Å². The molecule has 0 aliphatic rings. The molecular formula is C11H11N3S. The Bertz CT molecular complexity index is 546. The molecule has 1 N–H and O–H groups in total. The predicted octanol–water partition coefficient (Wildman–Crippen LogP) is 2.82. The van der Waals surface area contributed by atoms with E-state index in [9.17, 15) is 0 Å². The van der Waals surface area contributed by atoms with E-state index in [0.717, 1.165) is 22.8 Å². The summed E-state index contributed by atoms with van der Waals surface area (Å²) in [5, 5.41) is 0. The molecule has 76 valence electrons. The summed E-state index contributed by atoms with van der Waals surface area (Å²) in [5.74, 6) is 0.734. The summed E-state index contributed by atoms with van der Waals surface area (Å²) in [5.41, 5.74) is 2.93. The quantitative estimate of drug-likeness (QED) is 0.747. The number of aryl methyl sites for hydroxylation is 2. The Morgan fingerprint density at radius 3 is 2.80 bits per heavy atom. The molecule has 0 amide bonds. The number of rotatable bonds is 1. The first kappa shape index (κ1) is 9.98. The monoisotopic (exact) mass is 217 g/mol. The van der Waals surface area contributed by atoms with Crippen molar-refractivity contribution in [3.8, 4) is 11.5 Å². The standard InChI is InChI=1S/C11H11N3S/c1-7-4-3-5-12-10(7)11-13-8(2)6-9(15)14-11/h3-6H,1-2H3,(H,13,14,15). The van der Waals surface area contributed by atoms with Crippen molar-refractivity contribution in [2.24, 2.45) is 0 Å². The van der Waals surface area contributed by atoms with Crippen LogP contribution in [0, 0.1) is 18.5 Å². The lowest BCUT2D eigenvalue weighted by Gasteiger charge is -2.04. The average molecular weight is 217 g/mol. The van der Waals surface area contributed by atoms with E-state index in [1.807, 2.05) is 32.0 Å². The molecule has 0 radical (unpaired) electrons. The summed E-state index contributed by atoms with van der Waals surface area (Å²) in [7, 11) is 0. The van der Waals surface area contributed by atoms with Crippen LogP contribution in [0.15, 0.2) is 24.4 Å². The molecule has 0 atom stereocenters. The van der Waals surface area contributed by atoms with Gasteiger partial charge in [-0.2, -0.15) is 0 Å². The predicted molar refractivity (Wildman–Crippen MR) is 62.1 cm³/mol. The highest BCUT2D eigenvalue weighted by Crippen LogP contribution is 2.15. The van der Waals surface area contributed by atoms with Crippen molar-refractivity contribution in [3.63, 3.8) is 0 Å². The van der Waals surface area contributed by atoms with Crippen LogP contribution in [-0.4, -0.2) is 15.0 Å². The van der Waals surface area contributed by atoms with E-state index in [1.54, 1.807) is 6.20 Å². The Morgan fingerprint density at radius 1 is 1.33 bits per heavy atom. The van der Waals surface area contributed by atoms with Crippen molar-refractivity contribution in [1.82, 2.24) is 15.0 Å². The fraction of sp³-hybridized carbons (Fsp3) is 0.182. The molecule has 2 aromatic rings. The lowest BCUT2D eigenvalue weighted by Crippen LogP contribution is -1.96. The van der Waals surface area contributed by atoms with Gasteiger partial charge in [-0.05, 0) is 31.5 Å². The molecule has 2 heterocycles. The summed E-state index contributed by atoms with van der Waals surface area (Å²) in [4.78, 5) is 11.7. The third kappa shape index (κ3) is 2.10. The zero-order valence-electron chi connectivity index (χ0n) is 8.61.